The molecule has 6 nitrogen and oxygen atoms in total. The second-order valence-electron chi connectivity index (χ2n) is 7.70. The Morgan fingerprint density at radius 1 is 0.812 bits per heavy atom. The van der Waals surface area contributed by atoms with Gasteiger partial charge in [-0.25, -0.2) is 9.36 Å². The van der Waals surface area contributed by atoms with Crippen LogP contribution in [0.1, 0.15) is 25.8 Å². The summed E-state index contributed by atoms with van der Waals surface area (Å²) in [5.41, 5.74) is 0.854. The van der Waals surface area contributed by atoms with Crippen molar-refractivity contribution in [3.63, 3.8) is 0 Å². The molecule has 32 heavy (non-hydrogen) atoms. The Labute approximate surface area is 189 Å². The fourth-order valence-corrected chi connectivity index (χ4v) is 5.08. The first-order valence-electron chi connectivity index (χ1n) is 10.5. The van der Waals surface area contributed by atoms with E-state index in [9.17, 15) is 9.36 Å². The molecule has 7 heteroatoms. The monoisotopic (exact) mass is 453 g/mol. The van der Waals surface area contributed by atoms with Gasteiger partial charge >= 0.3 is 13.7 Å². The molecular formula is C25H28NO5P. The van der Waals surface area contributed by atoms with Gasteiger partial charge in [-0.3, -0.25) is 0 Å². The van der Waals surface area contributed by atoms with E-state index in [2.05, 4.69) is 5.32 Å². The van der Waals surface area contributed by atoms with Gasteiger partial charge in [-0.1, -0.05) is 80.6 Å². The van der Waals surface area contributed by atoms with Gasteiger partial charge in [-0.15, -0.1) is 0 Å². The largest absolute Gasteiger partial charge is 0.453 e. The molecule has 0 aromatic heterocycles. The normalized spacial score (nSPS) is 12.1. The third kappa shape index (κ3) is 7.17. The van der Waals surface area contributed by atoms with Gasteiger partial charge in [-0.05, 0) is 42.2 Å². The van der Waals surface area contributed by atoms with Crippen LogP contribution in [0.5, 0.6) is 11.5 Å². The molecule has 0 aliphatic rings. The van der Waals surface area contributed by atoms with Gasteiger partial charge in [0, 0.05) is 0 Å². The molecule has 0 aliphatic carbocycles. The van der Waals surface area contributed by atoms with E-state index in [0.29, 0.717) is 17.9 Å². The molecule has 0 radical (unpaired) electrons. The van der Waals surface area contributed by atoms with Gasteiger partial charge in [0.1, 0.15) is 18.1 Å². The van der Waals surface area contributed by atoms with E-state index in [1.165, 1.54) is 0 Å². The molecule has 1 amide bonds. The molecular weight excluding hydrogens is 425 g/mol. The average Bonchev–Trinajstić information content (AvgIpc) is 2.79. The number of para-hydroxylation sites is 2. The van der Waals surface area contributed by atoms with E-state index in [-0.39, 0.29) is 12.5 Å². The van der Waals surface area contributed by atoms with Crippen LogP contribution >= 0.6 is 7.60 Å². The van der Waals surface area contributed by atoms with Crippen molar-refractivity contribution in [2.24, 2.45) is 5.92 Å². The maximum absolute atomic E-state index is 14.1. The predicted octanol–water partition coefficient (Wildman–Crippen LogP) is 6.64. The number of carbonyl (C=O) groups excluding carboxylic acids is 1. The topological polar surface area (TPSA) is 73.9 Å². The lowest BCUT2D eigenvalue weighted by atomic mass is 10.1. The average molecular weight is 453 g/mol. The summed E-state index contributed by atoms with van der Waals surface area (Å²) in [5, 5.41) is 2.73. The minimum atomic E-state index is -3.89. The fraction of sp³-hybridized carbons (Fsp3) is 0.240. The van der Waals surface area contributed by atoms with Crippen molar-refractivity contribution in [3.05, 3.63) is 96.6 Å². The summed E-state index contributed by atoms with van der Waals surface area (Å²) in [6, 6.07) is 26.9. The van der Waals surface area contributed by atoms with Crippen LogP contribution in [0.3, 0.4) is 0 Å². The minimum Gasteiger partial charge on any atom is -0.445 e. The molecule has 0 aliphatic heterocycles. The molecule has 168 valence electrons. The second kappa shape index (κ2) is 11.4. The molecule has 0 fully saturated rings. The van der Waals surface area contributed by atoms with Gasteiger partial charge in [0.2, 0.25) is 0 Å². The summed E-state index contributed by atoms with van der Waals surface area (Å²) >= 11 is 0. The smallest absolute Gasteiger partial charge is 0.445 e. The molecule has 1 unspecified atom stereocenters. The summed E-state index contributed by atoms with van der Waals surface area (Å²) in [5.74, 6) is -0.0207. The third-order valence-electron chi connectivity index (χ3n) is 4.53. The Bertz CT molecular complexity index is 967. The number of rotatable bonds is 10. The summed E-state index contributed by atoms with van der Waals surface area (Å²) in [7, 11) is -3.89. The lowest BCUT2D eigenvalue weighted by Crippen LogP contribution is -2.38. The minimum absolute atomic E-state index is 0.102. The van der Waals surface area contributed by atoms with Gasteiger partial charge in [0.05, 0.1) is 0 Å². The zero-order chi connectivity index (χ0) is 22.8. The van der Waals surface area contributed by atoms with E-state index < -0.39 is 19.5 Å². The molecule has 0 saturated heterocycles. The number of hydrogen-bond acceptors (Lipinski definition) is 5. The van der Waals surface area contributed by atoms with Crippen molar-refractivity contribution in [1.82, 2.24) is 5.32 Å². The number of nitrogens with one attached hydrogen (secondary N) is 1. The third-order valence-corrected chi connectivity index (χ3v) is 6.56. The lowest BCUT2D eigenvalue weighted by Gasteiger charge is -2.29. The van der Waals surface area contributed by atoms with E-state index in [1.54, 1.807) is 48.5 Å². The Morgan fingerprint density at radius 3 is 1.75 bits per heavy atom. The maximum Gasteiger partial charge on any atom is 0.453 e. The molecule has 3 rings (SSSR count). The highest BCUT2D eigenvalue weighted by molar-refractivity contribution is 7.55. The molecule has 1 N–H and O–H groups in total. The van der Waals surface area contributed by atoms with Crippen LogP contribution < -0.4 is 14.4 Å². The van der Waals surface area contributed by atoms with Crippen LogP contribution in [-0.2, 0) is 15.9 Å². The molecule has 0 saturated carbocycles. The fourth-order valence-electron chi connectivity index (χ4n) is 3.02. The first kappa shape index (κ1) is 23.4. The van der Waals surface area contributed by atoms with Gasteiger partial charge in [-0.2, -0.15) is 0 Å². The van der Waals surface area contributed by atoms with Crippen molar-refractivity contribution in [3.8, 4) is 11.5 Å². The van der Waals surface area contributed by atoms with Gasteiger partial charge < -0.3 is 19.1 Å². The van der Waals surface area contributed by atoms with Crippen molar-refractivity contribution in [1.29, 1.82) is 0 Å². The zero-order valence-electron chi connectivity index (χ0n) is 18.2. The Hall–Kier alpha value is -3.24. The van der Waals surface area contributed by atoms with E-state index in [1.807, 2.05) is 56.3 Å². The van der Waals surface area contributed by atoms with Crippen LogP contribution in [-0.4, -0.2) is 11.9 Å². The van der Waals surface area contributed by atoms with Crippen LogP contribution in [0.2, 0.25) is 0 Å². The SMILES string of the molecule is CC(C)CC(NC(=O)OCc1ccccc1)P(=O)(Oc1ccccc1)Oc1ccccc1. The summed E-state index contributed by atoms with van der Waals surface area (Å²) in [4.78, 5) is 12.6. The van der Waals surface area contributed by atoms with Crippen LogP contribution in [0.25, 0.3) is 0 Å². The van der Waals surface area contributed by atoms with E-state index in [4.69, 9.17) is 13.8 Å². The molecule has 1 atom stereocenters. The maximum atomic E-state index is 14.1. The Morgan fingerprint density at radius 2 is 1.28 bits per heavy atom. The van der Waals surface area contributed by atoms with Gasteiger partial charge in [0.25, 0.3) is 0 Å². The number of benzene rings is 3. The van der Waals surface area contributed by atoms with Crippen molar-refractivity contribution in [2.75, 3.05) is 0 Å². The van der Waals surface area contributed by atoms with Crippen molar-refractivity contribution < 1.29 is 23.1 Å². The van der Waals surface area contributed by atoms with Crippen molar-refractivity contribution >= 4 is 13.7 Å². The highest BCUT2D eigenvalue weighted by Crippen LogP contribution is 2.53. The van der Waals surface area contributed by atoms with E-state index >= 15 is 0 Å². The quantitative estimate of drug-likeness (QED) is 0.349. The van der Waals surface area contributed by atoms with Crippen molar-refractivity contribution in [2.45, 2.75) is 32.7 Å². The highest BCUT2D eigenvalue weighted by atomic mass is 31.2. The number of alkyl carbamates (subject to hydrolysis) is 1. The number of hydrogen-bond donors (Lipinski definition) is 1. The molecule has 3 aromatic carbocycles. The summed E-state index contributed by atoms with van der Waals surface area (Å²) in [6.45, 7) is 4.04. The number of amides is 1. The highest BCUT2D eigenvalue weighted by Gasteiger charge is 2.41. The van der Waals surface area contributed by atoms with E-state index in [0.717, 1.165) is 5.56 Å². The van der Waals surface area contributed by atoms with Crippen LogP contribution in [0.15, 0.2) is 91.0 Å². The first-order chi connectivity index (χ1) is 15.4. The summed E-state index contributed by atoms with van der Waals surface area (Å²) < 4.78 is 31.2. The van der Waals surface area contributed by atoms with Crippen LogP contribution in [0, 0.1) is 5.92 Å². The summed E-state index contributed by atoms with van der Waals surface area (Å²) in [6.07, 6.45) is -0.315. The number of carbonyl (C=O) groups is 1. The molecule has 0 spiro atoms. The number of ether oxygens (including phenoxy) is 1. The predicted molar refractivity (Wildman–Crippen MR) is 125 cm³/mol. The Balaban J connectivity index is 1.82. The molecule has 0 bridgehead atoms. The molecule has 0 heterocycles. The van der Waals surface area contributed by atoms with Crippen LogP contribution in [0.4, 0.5) is 4.79 Å². The second-order valence-corrected chi connectivity index (χ2v) is 9.77. The molecule has 3 aromatic rings. The van der Waals surface area contributed by atoms with Gasteiger partial charge in [0.15, 0.2) is 5.78 Å². The Kier molecular flexibility index (Phi) is 8.34. The standard InChI is InChI=1S/C25H28NO5P/c1-20(2)18-24(26-25(27)29-19-21-12-6-3-7-13-21)32(28,30-22-14-8-4-9-15-22)31-23-16-10-5-11-17-23/h3-17,20,24H,18-19H2,1-2H3,(H,26,27). The lowest BCUT2D eigenvalue weighted by molar-refractivity contribution is 0.136. The first-order valence-corrected chi connectivity index (χ1v) is 12.1. The zero-order valence-corrected chi connectivity index (χ0v) is 19.1.